The first-order valence-corrected chi connectivity index (χ1v) is 4.86. The molecule has 0 saturated carbocycles. The van der Waals surface area contributed by atoms with Crippen LogP contribution in [0.4, 0.5) is 5.69 Å². The molecule has 1 unspecified atom stereocenters. The SMILES string of the molecule is COC(=O)C(C)CNc1cn(C)nc1C. The number of esters is 1. The van der Waals surface area contributed by atoms with Crippen LogP contribution in [-0.4, -0.2) is 29.4 Å². The Labute approximate surface area is 89.4 Å². The highest BCUT2D eigenvalue weighted by Gasteiger charge is 2.13. The van der Waals surface area contributed by atoms with Crippen molar-refractivity contribution in [1.82, 2.24) is 9.78 Å². The predicted molar refractivity (Wildman–Crippen MR) is 57.6 cm³/mol. The molecule has 0 saturated heterocycles. The largest absolute Gasteiger partial charge is 0.469 e. The molecule has 1 aromatic rings. The van der Waals surface area contributed by atoms with Crippen LogP contribution in [0.25, 0.3) is 0 Å². The van der Waals surface area contributed by atoms with E-state index in [1.165, 1.54) is 7.11 Å². The molecule has 15 heavy (non-hydrogen) atoms. The van der Waals surface area contributed by atoms with E-state index in [-0.39, 0.29) is 11.9 Å². The molecule has 0 fully saturated rings. The van der Waals surface area contributed by atoms with Crippen LogP contribution in [0, 0.1) is 12.8 Å². The molecule has 0 aliphatic heterocycles. The van der Waals surface area contributed by atoms with E-state index in [0.717, 1.165) is 11.4 Å². The molecule has 1 N–H and O–H groups in total. The Bertz CT molecular complexity index is 346. The van der Waals surface area contributed by atoms with Crippen molar-refractivity contribution in [3.05, 3.63) is 11.9 Å². The van der Waals surface area contributed by atoms with Crippen molar-refractivity contribution in [3.8, 4) is 0 Å². The monoisotopic (exact) mass is 211 g/mol. The fourth-order valence-electron chi connectivity index (χ4n) is 1.32. The minimum Gasteiger partial charge on any atom is -0.469 e. The lowest BCUT2D eigenvalue weighted by atomic mass is 10.2. The highest BCUT2D eigenvalue weighted by Crippen LogP contribution is 2.12. The molecule has 5 heteroatoms. The van der Waals surface area contributed by atoms with Gasteiger partial charge in [0.05, 0.1) is 24.4 Å². The maximum absolute atomic E-state index is 11.1. The molecule has 0 bridgehead atoms. The summed E-state index contributed by atoms with van der Waals surface area (Å²) in [4.78, 5) is 11.1. The second-order valence-corrected chi connectivity index (χ2v) is 3.61. The van der Waals surface area contributed by atoms with Gasteiger partial charge in [0.25, 0.3) is 0 Å². The number of rotatable bonds is 4. The van der Waals surface area contributed by atoms with Crippen LogP contribution < -0.4 is 5.32 Å². The Morgan fingerprint density at radius 3 is 2.87 bits per heavy atom. The normalized spacial score (nSPS) is 12.3. The van der Waals surface area contributed by atoms with Gasteiger partial charge in [-0.1, -0.05) is 6.92 Å². The van der Waals surface area contributed by atoms with Crippen molar-refractivity contribution in [3.63, 3.8) is 0 Å². The van der Waals surface area contributed by atoms with Crippen LogP contribution in [-0.2, 0) is 16.6 Å². The van der Waals surface area contributed by atoms with Crippen LogP contribution in [0.2, 0.25) is 0 Å². The predicted octanol–water partition coefficient (Wildman–Crippen LogP) is 0.950. The molecule has 0 aliphatic carbocycles. The van der Waals surface area contributed by atoms with E-state index in [1.807, 2.05) is 27.1 Å². The highest BCUT2D eigenvalue weighted by molar-refractivity contribution is 5.72. The average Bonchev–Trinajstić information content (AvgIpc) is 2.52. The third kappa shape index (κ3) is 2.97. The standard InChI is InChI=1S/C10H17N3O2/c1-7(10(14)15-4)5-11-9-6-13(3)12-8(9)2/h6-7,11H,5H2,1-4H3. The van der Waals surface area contributed by atoms with Crippen molar-refractivity contribution in [2.75, 3.05) is 19.0 Å². The summed E-state index contributed by atoms with van der Waals surface area (Å²) < 4.78 is 6.37. The molecular formula is C10H17N3O2. The van der Waals surface area contributed by atoms with Gasteiger partial charge in [-0.25, -0.2) is 0 Å². The van der Waals surface area contributed by atoms with E-state index in [4.69, 9.17) is 0 Å². The van der Waals surface area contributed by atoms with Gasteiger partial charge in [-0.15, -0.1) is 0 Å². The number of nitrogens with one attached hydrogen (secondary N) is 1. The zero-order valence-corrected chi connectivity index (χ0v) is 9.57. The van der Waals surface area contributed by atoms with E-state index in [9.17, 15) is 4.79 Å². The second-order valence-electron chi connectivity index (χ2n) is 3.61. The maximum atomic E-state index is 11.1. The van der Waals surface area contributed by atoms with Gasteiger partial charge < -0.3 is 10.1 Å². The lowest BCUT2D eigenvalue weighted by Crippen LogP contribution is -2.21. The second kappa shape index (κ2) is 4.82. The number of anilines is 1. The first-order chi connectivity index (χ1) is 7.04. The van der Waals surface area contributed by atoms with Gasteiger partial charge in [0.2, 0.25) is 0 Å². The summed E-state index contributed by atoms with van der Waals surface area (Å²) in [6.07, 6.45) is 1.89. The third-order valence-corrected chi connectivity index (χ3v) is 2.22. The molecule has 1 atom stereocenters. The molecule has 0 aromatic carbocycles. The summed E-state index contributed by atoms with van der Waals surface area (Å²) in [7, 11) is 3.26. The van der Waals surface area contributed by atoms with Gasteiger partial charge in [-0.3, -0.25) is 9.48 Å². The van der Waals surface area contributed by atoms with Crippen molar-refractivity contribution in [1.29, 1.82) is 0 Å². The summed E-state index contributed by atoms with van der Waals surface area (Å²) in [5.41, 5.74) is 1.88. The maximum Gasteiger partial charge on any atom is 0.310 e. The number of nitrogens with zero attached hydrogens (tertiary/aromatic N) is 2. The van der Waals surface area contributed by atoms with Crippen molar-refractivity contribution in [2.24, 2.45) is 13.0 Å². The first kappa shape index (κ1) is 11.6. The topological polar surface area (TPSA) is 56.1 Å². The fourth-order valence-corrected chi connectivity index (χ4v) is 1.32. The van der Waals surface area contributed by atoms with Crippen LogP contribution in [0.15, 0.2) is 6.20 Å². The first-order valence-electron chi connectivity index (χ1n) is 4.86. The fraction of sp³-hybridized carbons (Fsp3) is 0.600. The van der Waals surface area contributed by atoms with Crippen LogP contribution >= 0.6 is 0 Å². The number of aryl methyl sites for hydroxylation is 2. The molecule has 5 nitrogen and oxygen atoms in total. The van der Waals surface area contributed by atoms with E-state index < -0.39 is 0 Å². The van der Waals surface area contributed by atoms with Crippen molar-refractivity contribution < 1.29 is 9.53 Å². The van der Waals surface area contributed by atoms with Gasteiger partial charge in [0.15, 0.2) is 0 Å². The zero-order chi connectivity index (χ0) is 11.4. The number of carbonyl (C=O) groups is 1. The summed E-state index contributed by atoms with van der Waals surface area (Å²) in [6, 6.07) is 0. The lowest BCUT2D eigenvalue weighted by Gasteiger charge is -2.10. The summed E-state index contributed by atoms with van der Waals surface area (Å²) in [5.74, 6) is -0.362. The number of carbonyl (C=O) groups excluding carboxylic acids is 1. The van der Waals surface area contributed by atoms with Crippen molar-refractivity contribution >= 4 is 11.7 Å². The number of hydrogen-bond donors (Lipinski definition) is 1. The number of ether oxygens (including phenoxy) is 1. The van der Waals surface area contributed by atoms with E-state index in [1.54, 1.807) is 4.68 Å². The van der Waals surface area contributed by atoms with E-state index in [0.29, 0.717) is 6.54 Å². The lowest BCUT2D eigenvalue weighted by molar-refractivity contribution is -0.144. The van der Waals surface area contributed by atoms with Gasteiger partial charge in [0, 0.05) is 19.8 Å². The summed E-state index contributed by atoms with van der Waals surface area (Å²) >= 11 is 0. The molecule has 0 amide bonds. The smallest absolute Gasteiger partial charge is 0.310 e. The van der Waals surface area contributed by atoms with Crippen LogP contribution in [0.3, 0.4) is 0 Å². The Morgan fingerprint density at radius 2 is 2.40 bits per heavy atom. The number of methoxy groups -OCH3 is 1. The molecule has 0 aliphatic rings. The molecule has 1 heterocycles. The Hall–Kier alpha value is -1.52. The molecular weight excluding hydrogens is 194 g/mol. The van der Waals surface area contributed by atoms with Crippen LogP contribution in [0.1, 0.15) is 12.6 Å². The molecule has 0 radical (unpaired) electrons. The molecule has 1 rings (SSSR count). The minimum atomic E-state index is -0.205. The minimum absolute atomic E-state index is 0.158. The van der Waals surface area contributed by atoms with Crippen LogP contribution in [0.5, 0.6) is 0 Å². The summed E-state index contributed by atoms with van der Waals surface area (Å²) in [6.45, 7) is 4.30. The number of hydrogen-bond acceptors (Lipinski definition) is 4. The highest BCUT2D eigenvalue weighted by atomic mass is 16.5. The Morgan fingerprint density at radius 1 is 1.73 bits per heavy atom. The zero-order valence-electron chi connectivity index (χ0n) is 9.57. The quantitative estimate of drug-likeness (QED) is 0.753. The molecule has 0 spiro atoms. The molecule has 84 valence electrons. The van der Waals surface area contributed by atoms with Gasteiger partial charge >= 0.3 is 5.97 Å². The van der Waals surface area contributed by atoms with E-state index in [2.05, 4.69) is 15.2 Å². The molecule has 1 aromatic heterocycles. The Balaban J connectivity index is 2.50. The summed E-state index contributed by atoms with van der Waals surface area (Å²) in [5, 5.41) is 7.36. The van der Waals surface area contributed by atoms with Gasteiger partial charge in [-0.05, 0) is 6.92 Å². The van der Waals surface area contributed by atoms with Gasteiger partial charge in [-0.2, -0.15) is 5.10 Å². The average molecular weight is 211 g/mol. The van der Waals surface area contributed by atoms with Crippen molar-refractivity contribution in [2.45, 2.75) is 13.8 Å². The van der Waals surface area contributed by atoms with E-state index >= 15 is 0 Å². The number of aromatic nitrogens is 2. The Kier molecular flexibility index (Phi) is 3.71. The third-order valence-electron chi connectivity index (χ3n) is 2.22. The van der Waals surface area contributed by atoms with Gasteiger partial charge in [0.1, 0.15) is 0 Å².